The van der Waals surface area contributed by atoms with Gasteiger partial charge in [0.05, 0.1) is 0 Å². The van der Waals surface area contributed by atoms with Crippen LogP contribution in [0.4, 0.5) is 5.69 Å². The number of amides is 1. The Hall–Kier alpha value is -2.60. The van der Waals surface area contributed by atoms with Crippen molar-refractivity contribution < 1.29 is 4.79 Å². The van der Waals surface area contributed by atoms with Gasteiger partial charge in [0, 0.05) is 28.7 Å². The Bertz CT molecular complexity index is 897. The fourth-order valence-corrected chi connectivity index (χ4v) is 2.22. The summed E-state index contributed by atoms with van der Waals surface area (Å²) in [5, 5.41) is 5.96. The third kappa shape index (κ3) is 2.53. The quantitative estimate of drug-likeness (QED) is 0.762. The highest BCUT2D eigenvalue weighted by Crippen LogP contribution is 2.16. The molecule has 106 valence electrons. The van der Waals surface area contributed by atoms with Crippen LogP contribution in [-0.4, -0.2) is 20.5 Å². The number of aromatic nitrogens is 3. The van der Waals surface area contributed by atoms with Crippen LogP contribution in [0.1, 0.15) is 16.1 Å². The van der Waals surface area contributed by atoms with E-state index in [2.05, 4.69) is 15.4 Å². The lowest BCUT2D eigenvalue weighted by Gasteiger charge is -2.04. The SMILES string of the molecule is Cc1cc(=O)n2[nH]cc(C(=O)Nc3cccc(Cl)c3)c2n1. The van der Waals surface area contributed by atoms with Crippen LogP contribution in [0.5, 0.6) is 0 Å². The second kappa shape index (κ2) is 5.06. The summed E-state index contributed by atoms with van der Waals surface area (Å²) in [6.07, 6.45) is 1.45. The van der Waals surface area contributed by atoms with Crippen LogP contribution in [0.25, 0.3) is 5.65 Å². The van der Waals surface area contributed by atoms with Crippen LogP contribution in [0.15, 0.2) is 41.3 Å². The lowest BCUT2D eigenvalue weighted by Crippen LogP contribution is -2.16. The Morgan fingerprint density at radius 1 is 1.38 bits per heavy atom. The smallest absolute Gasteiger partial charge is 0.272 e. The van der Waals surface area contributed by atoms with E-state index >= 15 is 0 Å². The van der Waals surface area contributed by atoms with Crippen molar-refractivity contribution in [1.82, 2.24) is 14.6 Å². The van der Waals surface area contributed by atoms with Crippen molar-refractivity contribution >= 4 is 28.8 Å². The van der Waals surface area contributed by atoms with E-state index in [9.17, 15) is 9.59 Å². The van der Waals surface area contributed by atoms with E-state index in [0.29, 0.717) is 22.1 Å². The molecule has 0 atom stereocenters. The van der Waals surface area contributed by atoms with Gasteiger partial charge >= 0.3 is 0 Å². The third-order valence-corrected chi connectivity index (χ3v) is 3.19. The topological polar surface area (TPSA) is 79.3 Å². The van der Waals surface area contributed by atoms with Crippen LogP contribution in [0.2, 0.25) is 5.02 Å². The molecule has 6 nitrogen and oxygen atoms in total. The highest BCUT2D eigenvalue weighted by molar-refractivity contribution is 6.31. The largest absolute Gasteiger partial charge is 0.322 e. The molecule has 7 heteroatoms. The number of H-pyrrole nitrogens is 1. The average molecular weight is 303 g/mol. The first kappa shape index (κ1) is 13.4. The Morgan fingerprint density at radius 3 is 2.95 bits per heavy atom. The van der Waals surface area contributed by atoms with Gasteiger partial charge in [0.25, 0.3) is 11.5 Å². The maximum atomic E-state index is 12.3. The molecule has 1 amide bonds. The van der Waals surface area contributed by atoms with Gasteiger partial charge in [0.15, 0.2) is 5.65 Å². The molecule has 0 radical (unpaired) electrons. The van der Waals surface area contributed by atoms with Crippen LogP contribution in [-0.2, 0) is 0 Å². The van der Waals surface area contributed by atoms with Gasteiger partial charge in [-0.15, -0.1) is 0 Å². The molecular weight excluding hydrogens is 292 g/mol. The van der Waals surface area contributed by atoms with Crippen molar-refractivity contribution in [2.75, 3.05) is 5.32 Å². The number of fused-ring (bicyclic) bond motifs is 1. The molecule has 0 spiro atoms. The highest BCUT2D eigenvalue weighted by Gasteiger charge is 2.15. The zero-order chi connectivity index (χ0) is 15.0. The van der Waals surface area contributed by atoms with E-state index in [4.69, 9.17) is 11.6 Å². The van der Waals surface area contributed by atoms with Gasteiger partial charge in [-0.2, -0.15) is 0 Å². The summed E-state index contributed by atoms with van der Waals surface area (Å²) < 4.78 is 1.22. The van der Waals surface area contributed by atoms with Crippen LogP contribution >= 0.6 is 11.6 Å². The fraction of sp³-hybridized carbons (Fsp3) is 0.0714. The Balaban J connectivity index is 2.00. The molecule has 0 aliphatic heterocycles. The first-order valence-electron chi connectivity index (χ1n) is 6.19. The van der Waals surface area contributed by atoms with E-state index in [-0.39, 0.29) is 17.0 Å². The lowest BCUT2D eigenvalue weighted by atomic mass is 10.2. The molecule has 3 aromatic rings. The molecule has 0 aliphatic carbocycles. The van der Waals surface area contributed by atoms with Crippen LogP contribution in [0, 0.1) is 6.92 Å². The number of carbonyl (C=O) groups is 1. The zero-order valence-corrected chi connectivity index (χ0v) is 11.8. The maximum Gasteiger partial charge on any atom is 0.272 e. The lowest BCUT2D eigenvalue weighted by molar-refractivity contribution is 0.102. The fourth-order valence-electron chi connectivity index (χ4n) is 2.03. The molecule has 0 saturated carbocycles. The van der Waals surface area contributed by atoms with Crippen molar-refractivity contribution in [2.45, 2.75) is 6.92 Å². The minimum absolute atomic E-state index is 0.265. The number of aryl methyl sites for hydroxylation is 1. The Morgan fingerprint density at radius 2 is 2.19 bits per heavy atom. The van der Waals surface area contributed by atoms with Crippen molar-refractivity contribution in [3.8, 4) is 0 Å². The van der Waals surface area contributed by atoms with Gasteiger partial charge in [0.1, 0.15) is 5.56 Å². The second-order valence-electron chi connectivity index (χ2n) is 4.55. The molecule has 0 bridgehead atoms. The number of anilines is 1. The number of aromatic amines is 1. The molecule has 3 rings (SSSR count). The summed E-state index contributed by atoms with van der Waals surface area (Å²) in [5.41, 5.74) is 1.44. The summed E-state index contributed by atoms with van der Waals surface area (Å²) in [6, 6.07) is 8.21. The van der Waals surface area contributed by atoms with Crippen molar-refractivity contribution in [2.24, 2.45) is 0 Å². The van der Waals surface area contributed by atoms with Gasteiger partial charge < -0.3 is 5.32 Å². The van der Waals surface area contributed by atoms with Crippen molar-refractivity contribution in [1.29, 1.82) is 0 Å². The van der Waals surface area contributed by atoms with Crippen LogP contribution in [0.3, 0.4) is 0 Å². The predicted molar refractivity (Wildman–Crippen MR) is 80.0 cm³/mol. The van der Waals surface area contributed by atoms with E-state index in [1.807, 2.05) is 0 Å². The number of hydrogen-bond donors (Lipinski definition) is 2. The molecule has 2 aromatic heterocycles. The summed E-state index contributed by atoms with van der Waals surface area (Å²) in [7, 11) is 0. The molecule has 2 heterocycles. The van der Waals surface area contributed by atoms with E-state index in [1.54, 1.807) is 31.2 Å². The standard InChI is InChI=1S/C14H11ClN4O2/c1-8-5-12(20)19-13(17-8)11(7-16-19)14(21)18-10-4-2-3-9(15)6-10/h2-7,16H,1H3,(H,18,21). The number of carbonyl (C=O) groups excluding carboxylic acids is 1. The molecule has 0 saturated heterocycles. The molecule has 21 heavy (non-hydrogen) atoms. The van der Waals surface area contributed by atoms with Gasteiger partial charge in [-0.3, -0.25) is 14.7 Å². The van der Waals surface area contributed by atoms with Gasteiger partial charge in [-0.05, 0) is 25.1 Å². The van der Waals surface area contributed by atoms with Gasteiger partial charge in [-0.25, -0.2) is 9.50 Å². The first-order valence-corrected chi connectivity index (χ1v) is 6.57. The summed E-state index contributed by atoms with van der Waals surface area (Å²) in [5.74, 6) is -0.367. The Labute approximate surface area is 124 Å². The number of halogens is 1. The molecule has 1 aromatic carbocycles. The monoisotopic (exact) mass is 302 g/mol. The summed E-state index contributed by atoms with van der Waals surface area (Å²) in [6.45, 7) is 1.70. The van der Waals surface area contributed by atoms with Crippen molar-refractivity contribution in [3.63, 3.8) is 0 Å². The number of nitrogens with zero attached hydrogens (tertiary/aromatic N) is 2. The number of hydrogen-bond acceptors (Lipinski definition) is 3. The highest BCUT2D eigenvalue weighted by atomic mass is 35.5. The van der Waals surface area contributed by atoms with E-state index in [1.165, 1.54) is 16.8 Å². The average Bonchev–Trinajstić information content (AvgIpc) is 2.82. The molecule has 0 fully saturated rings. The van der Waals surface area contributed by atoms with Gasteiger partial charge in [-0.1, -0.05) is 17.7 Å². The normalized spacial score (nSPS) is 10.8. The number of benzene rings is 1. The van der Waals surface area contributed by atoms with E-state index in [0.717, 1.165) is 0 Å². The molecule has 0 unspecified atom stereocenters. The van der Waals surface area contributed by atoms with Crippen LogP contribution < -0.4 is 10.9 Å². The minimum Gasteiger partial charge on any atom is -0.322 e. The minimum atomic E-state index is -0.367. The van der Waals surface area contributed by atoms with E-state index < -0.39 is 0 Å². The first-order chi connectivity index (χ1) is 10.0. The number of rotatable bonds is 2. The van der Waals surface area contributed by atoms with Crippen molar-refractivity contribution in [3.05, 3.63) is 63.2 Å². The van der Waals surface area contributed by atoms with Gasteiger partial charge in [0.2, 0.25) is 0 Å². The molecule has 0 aliphatic rings. The zero-order valence-electron chi connectivity index (χ0n) is 11.1. The molecular formula is C14H11ClN4O2. The third-order valence-electron chi connectivity index (χ3n) is 2.95. The predicted octanol–water partition coefficient (Wildman–Crippen LogP) is 2.24. The second-order valence-corrected chi connectivity index (χ2v) is 4.98. The molecule has 2 N–H and O–H groups in total. The summed E-state index contributed by atoms with van der Waals surface area (Å²) >= 11 is 5.87. The number of nitrogens with one attached hydrogen (secondary N) is 2. The summed E-state index contributed by atoms with van der Waals surface area (Å²) in [4.78, 5) is 28.3. The Kier molecular flexibility index (Phi) is 3.23. The maximum absolute atomic E-state index is 12.3.